The summed E-state index contributed by atoms with van der Waals surface area (Å²) in [5.74, 6) is 0. The van der Waals surface area contributed by atoms with E-state index in [0.717, 1.165) is 5.56 Å². The molecular weight excluding hydrogens is 380 g/mol. The molecule has 1 N–H and O–H groups in total. The number of aliphatic hydroxyl groups is 1. The van der Waals surface area contributed by atoms with Crippen molar-refractivity contribution in [3.05, 3.63) is 71.3 Å². The van der Waals surface area contributed by atoms with Crippen LogP contribution in [0.3, 0.4) is 0 Å². The Morgan fingerprint density at radius 1 is 1.10 bits per heavy atom. The van der Waals surface area contributed by atoms with Crippen LogP contribution in [-0.2, 0) is 21.7 Å². The second-order valence-corrected chi connectivity index (χ2v) is 7.66. The molecule has 2 aromatic rings. The van der Waals surface area contributed by atoms with Crippen molar-refractivity contribution in [2.45, 2.75) is 43.6 Å². The predicted molar refractivity (Wildman–Crippen MR) is 101 cm³/mol. The highest BCUT2D eigenvalue weighted by Gasteiger charge is 2.49. The number of benzene rings is 2. The Morgan fingerprint density at radius 3 is 2.31 bits per heavy atom. The maximum atomic E-state index is 12.8. The summed E-state index contributed by atoms with van der Waals surface area (Å²) in [6.07, 6.45) is -2.45. The summed E-state index contributed by atoms with van der Waals surface area (Å²) in [5.41, 5.74) is 0.199. The number of amides is 1. The van der Waals surface area contributed by atoms with E-state index in [1.165, 1.54) is 12.1 Å². The Morgan fingerprint density at radius 2 is 1.72 bits per heavy atom. The van der Waals surface area contributed by atoms with Crippen molar-refractivity contribution in [2.75, 3.05) is 13.2 Å². The van der Waals surface area contributed by atoms with Crippen molar-refractivity contribution in [1.29, 1.82) is 0 Å². The summed E-state index contributed by atoms with van der Waals surface area (Å²) in [4.78, 5) is 14.4. The Balaban J connectivity index is 1.47. The van der Waals surface area contributed by atoms with Gasteiger partial charge in [0, 0.05) is 18.4 Å². The fourth-order valence-corrected chi connectivity index (χ4v) is 4.24. The van der Waals surface area contributed by atoms with E-state index in [0.29, 0.717) is 18.8 Å². The normalized spacial score (nSPS) is 26.4. The van der Waals surface area contributed by atoms with Crippen LogP contribution in [0.1, 0.15) is 36.0 Å². The average Bonchev–Trinajstić information content (AvgIpc) is 2.72. The SMILES string of the molecule is O=C(OCc1ccccc1)N1C2COCC1CC(O)(c1ccc(C(F)F)cc1)C2. The Kier molecular flexibility index (Phi) is 5.52. The molecule has 1 amide bonds. The lowest BCUT2D eigenvalue weighted by atomic mass is 9.77. The molecule has 2 aromatic carbocycles. The van der Waals surface area contributed by atoms with E-state index in [-0.39, 0.29) is 37.1 Å². The summed E-state index contributed by atoms with van der Waals surface area (Å²) in [6, 6.07) is 14.5. The van der Waals surface area contributed by atoms with Gasteiger partial charge in [-0.15, -0.1) is 0 Å². The van der Waals surface area contributed by atoms with E-state index in [2.05, 4.69) is 0 Å². The minimum absolute atomic E-state index is 0.0807. The van der Waals surface area contributed by atoms with Crippen molar-refractivity contribution in [1.82, 2.24) is 4.90 Å². The number of hydrogen-bond donors (Lipinski definition) is 1. The molecule has 154 valence electrons. The van der Waals surface area contributed by atoms with Gasteiger partial charge in [-0.3, -0.25) is 4.90 Å². The van der Waals surface area contributed by atoms with Gasteiger partial charge in [-0.25, -0.2) is 13.6 Å². The minimum atomic E-state index is -2.55. The molecule has 2 heterocycles. The van der Waals surface area contributed by atoms with Crippen molar-refractivity contribution < 1.29 is 28.2 Å². The number of halogens is 2. The minimum Gasteiger partial charge on any atom is -0.445 e. The molecule has 2 aliphatic heterocycles. The second-order valence-electron chi connectivity index (χ2n) is 7.66. The number of carbonyl (C=O) groups excluding carboxylic acids is 1. The van der Waals surface area contributed by atoms with Gasteiger partial charge in [0.15, 0.2) is 0 Å². The molecule has 0 aromatic heterocycles. The Hall–Kier alpha value is -2.51. The zero-order valence-corrected chi connectivity index (χ0v) is 15.8. The van der Waals surface area contributed by atoms with Crippen molar-refractivity contribution in [3.63, 3.8) is 0 Å². The van der Waals surface area contributed by atoms with Crippen LogP contribution in [0.2, 0.25) is 0 Å². The molecule has 2 aliphatic rings. The lowest BCUT2D eigenvalue weighted by Crippen LogP contribution is -2.62. The molecular formula is C22H23F2NO4. The zero-order chi connectivity index (χ0) is 20.4. The Labute approximate surface area is 167 Å². The molecule has 2 atom stereocenters. The van der Waals surface area contributed by atoms with Crippen LogP contribution < -0.4 is 0 Å². The molecule has 7 heteroatoms. The molecule has 2 saturated heterocycles. The maximum absolute atomic E-state index is 12.8. The van der Waals surface area contributed by atoms with Gasteiger partial charge in [-0.2, -0.15) is 0 Å². The summed E-state index contributed by atoms with van der Waals surface area (Å²) in [5, 5.41) is 11.3. The number of rotatable bonds is 4. The molecule has 0 saturated carbocycles. The van der Waals surface area contributed by atoms with Crippen LogP contribution in [0.5, 0.6) is 0 Å². The molecule has 2 fully saturated rings. The van der Waals surface area contributed by atoms with Gasteiger partial charge in [-0.1, -0.05) is 54.6 Å². The van der Waals surface area contributed by atoms with E-state index >= 15 is 0 Å². The standard InChI is InChI=1S/C22H23F2NO4/c23-20(24)16-6-8-17(9-7-16)22(27)10-18-13-28-14-19(11-22)25(18)21(26)29-12-15-4-2-1-3-5-15/h1-9,18-20,27H,10-14H2. The second kappa shape index (κ2) is 8.08. The lowest BCUT2D eigenvalue weighted by molar-refractivity contribution is -0.136. The Bertz CT molecular complexity index is 830. The van der Waals surface area contributed by atoms with Crippen LogP contribution >= 0.6 is 0 Å². The highest BCUT2D eigenvalue weighted by molar-refractivity contribution is 5.69. The number of nitrogens with zero attached hydrogens (tertiary/aromatic N) is 1. The quantitative estimate of drug-likeness (QED) is 0.838. The van der Waals surface area contributed by atoms with Crippen LogP contribution in [0, 0.1) is 0 Å². The van der Waals surface area contributed by atoms with Crippen molar-refractivity contribution in [2.24, 2.45) is 0 Å². The first-order valence-corrected chi connectivity index (χ1v) is 9.64. The van der Waals surface area contributed by atoms with Crippen molar-refractivity contribution in [3.8, 4) is 0 Å². The zero-order valence-electron chi connectivity index (χ0n) is 15.8. The molecule has 0 spiro atoms. The van der Waals surface area contributed by atoms with E-state index in [1.54, 1.807) is 17.0 Å². The molecule has 0 aliphatic carbocycles. The van der Waals surface area contributed by atoms with Crippen LogP contribution in [-0.4, -0.2) is 41.4 Å². The molecule has 4 rings (SSSR count). The number of alkyl halides is 2. The lowest BCUT2D eigenvalue weighted by Gasteiger charge is -2.51. The fourth-order valence-electron chi connectivity index (χ4n) is 4.24. The van der Waals surface area contributed by atoms with Crippen LogP contribution in [0.15, 0.2) is 54.6 Å². The maximum Gasteiger partial charge on any atom is 0.410 e. The number of fused-ring (bicyclic) bond motifs is 2. The van der Waals surface area contributed by atoms with E-state index in [1.807, 2.05) is 30.3 Å². The highest BCUT2D eigenvalue weighted by atomic mass is 19.3. The van der Waals surface area contributed by atoms with E-state index < -0.39 is 18.1 Å². The number of piperidine rings is 1. The molecule has 2 bridgehead atoms. The largest absolute Gasteiger partial charge is 0.445 e. The summed E-state index contributed by atoms with van der Waals surface area (Å²) >= 11 is 0. The molecule has 0 radical (unpaired) electrons. The molecule has 5 nitrogen and oxygen atoms in total. The topological polar surface area (TPSA) is 59.0 Å². The van der Waals surface area contributed by atoms with E-state index in [4.69, 9.17) is 9.47 Å². The third-order valence-electron chi connectivity index (χ3n) is 5.67. The van der Waals surface area contributed by atoms with Gasteiger partial charge in [0.25, 0.3) is 6.43 Å². The van der Waals surface area contributed by atoms with Gasteiger partial charge in [0.05, 0.1) is 30.9 Å². The fraction of sp³-hybridized carbons (Fsp3) is 0.409. The summed E-state index contributed by atoms with van der Waals surface area (Å²) < 4.78 is 36.7. The number of morpholine rings is 1. The number of hydrogen-bond acceptors (Lipinski definition) is 4. The predicted octanol–water partition coefficient (Wildman–Crippen LogP) is 4.01. The first-order chi connectivity index (χ1) is 14.0. The monoisotopic (exact) mass is 403 g/mol. The summed E-state index contributed by atoms with van der Waals surface area (Å²) in [6.45, 7) is 0.776. The average molecular weight is 403 g/mol. The van der Waals surface area contributed by atoms with Crippen molar-refractivity contribution >= 4 is 6.09 Å². The van der Waals surface area contributed by atoms with Gasteiger partial charge in [-0.05, 0) is 11.1 Å². The third-order valence-corrected chi connectivity index (χ3v) is 5.67. The van der Waals surface area contributed by atoms with Gasteiger partial charge >= 0.3 is 6.09 Å². The van der Waals surface area contributed by atoms with Crippen LogP contribution in [0.25, 0.3) is 0 Å². The van der Waals surface area contributed by atoms with Crippen LogP contribution in [0.4, 0.5) is 13.6 Å². The van der Waals surface area contributed by atoms with Gasteiger partial charge in [0.1, 0.15) is 6.61 Å². The number of ether oxygens (including phenoxy) is 2. The highest BCUT2D eigenvalue weighted by Crippen LogP contribution is 2.41. The summed E-state index contributed by atoms with van der Waals surface area (Å²) in [7, 11) is 0. The first kappa shape index (κ1) is 19.8. The van der Waals surface area contributed by atoms with E-state index in [9.17, 15) is 18.7 Å². The molecule has 29 heavy (non-hydrogen) atoms. The molecule has 2 unspecified atom stereocenters. The first-order valence-electron chi connectivity index (χ1n) is 9.64. The smallest absolute Gasteiger partial charge is 0.410 e. The number of carbonyl (C=O) groups is 1. The van der Waals surface area contributed by atoms with Gasteiger partial charge < -0.3 is 14.6 Å². The third kappa shape index (κ3) is 4.11. The van der Waals surface area contributed by atoms with Gasteiger partial charge in [0.2, 0.25) is 0 Å².